The zero-order valence-electron chi connectivity index (χ0n) is 29.0. The molecule has 9 aromatic rings. The van der Waals surface area contributed by atoms with E-state index in [4.69, 9.17) is 4.98 Å². The van der Waals surface area contributed by atoms with Gasteiger partial charge in [-0.3, -0.25) is 0 Å². The third-order valence-corrected chi connectivity index (χ3v) is 11.4. The van der Waals surface area contributed by atoms with Crippen LogP contribution in [0.25, 0.3) is 77.8 Å². The maximum atomic E-state index is 5.16. The monoisotopic (exact) mass is 671 g/mol. The Labute approximate surface area is 309 Å². The van der Waals surface area contributed by atoms with Gasteiger partial charge in [0.2, 0.25) is 0 Å². The van der Waals surface area contributed by atoms with Gasteiger partial charge < -0.3 is 0 Å². The largest absolute Gasteiger partial charge is 0.248 e. The highest BCUT2D eigenvalue weighted by Gasteiger charge is 2.52. The van der Waals surface area contributed by atoms with Gasteiger partial charge in [-0.25, -0.2) is 4.98 Å². The van der Waals surface area contributed by atoms with Gasteiger partial charge in [0.05, 0.1) is 16.8 Å². The molecule has 1 spiro atoms. The first-order valence-corrected chi connectivity index (χ1v) is 18.4. The third kappa shape index (κ3) is 4.35. The summed E-state index contributed by atoms with van der Waals surface area (Å²) in [6, 6.07) is 73.3. The van der Waals surface area contributed by atoms with Crippen molar-refractivity contribution in [3.8, 4) is 67.0 Å². The number of benzene rings is 8. The molecule has 0 amide bonds. The van der Waals surface area contributed by atoms with E-state index in [0.717, 1.165) is 28.1 Å². The number of nitrogens with zero attached hydrogens (tertiary/aromatic N) is 1. The molecule has 0 unspecified atom stereocenters. The van der Waals surface area contributed by atoms with Crippen molar-refractivity contribution in [1.29, 1.82) is 0 Å². The molecule has 8 aromatic carbocycles. The highest BCUT2D eigenvalue weighted by molar-refractivity contribution is 6.09. The molecule has 0 fully saturated rings. The fraction of sp³-hybridized carbons (Fsp3) is 0.0192. The maximum Gasteiger partial charge on any atom is 0.0731 e. The molecule has 246 valence electrons. The van der Waals surface area contributed by atoms with Crippen molar-refractivity contribution in [3.05, 3.63) is 222 Å². The standard InChI is InChI=1S/C52H33N/c1-3-16-34(17-4-1)48-32-39(33-49(53-48)35-18-5-2-6-19-35)36-21-15-22-37(30-36)44-31-38-20-7-8-23-40(38)51-50(44)43-26-11-14-29-47(43)52(51)45-27-12-9-24-41(45)42-25-10-13-28-46(42)52/h1-33H. The van der Waals surface area contributed by atoms with Crippen molar-refractivity contribution in [2.45, 2.75) is 5.41 Å². The van der Waals surface area contributed by atoms with Crippen molar-refractivity contribution in [2.24, 2.45) is 0 Å². The number of aromatic nitrogens is 1. The van der Waals surface area contributed by atoms with E-state index < -0.39 is 5.41 Å². The molecular formula is C52H33N. The smallest absolute Gasteiger partial charge is 0.0731 e. The average Bonchev–Trinajstić information content (AvgIpc) is 3.72. The van der Waals surface area contributed by atoms with Gasteiger partial charge in [0.1, 0.15) is 0 Å². The summed E-state index contributed by atoms with van der Waals surface area (Å²) in [4.78, 5) is 5.16. The van der Waals surface area contributed by atoms with Crippen LogP contribution in [0.15, 0.2) is 200 Å². The second-order valence-electron chi connectivity index (χ2n) is 14.2. The fourth-order valence-electron chi connectivity index (χ4n) is 9.28. The van der Waals surface area contributed by atoms with E-state index >= 15 is 0 Å². The second kappa shape index (κ2) is 11.6. The van der Waals surface area contributed by atoms with Crippen LogP contribution in [-0.2, 0) is 5.41 Å². The van der Waals surface area contributed by atoms with Gasteiger partial charge in [-0.15, -0.1) is 0 Å². The molecule has 0 N–H and O–H groups in total. The molecule has 0 saturated heterocycles. The molecule has 53 heavy (non-hydrogen) atoms. The topological polar surface area (TPSA) is 12.9 Å². The van der Waals surface area contributed by atoms with E-state index in [2.05, 4.69) is 200 Å². The molecule has 0 aliphatic heterocycles. The maximum absolute atomic E-state index is 5.16. The van der Waals surface area contributed by atoms with Crippen LogP contribution < -0.4 is 0 Å². The molecule has 0 bridgehead atoms. The fourth-order valence-corrected chi connectivity index (χ4v) is 9.28. The molecule has 11 rings (SSSR count). The molecule has 0 saturated carbocycles. The van der Waals surface area contributed by atoms with Gasteiger partial charge in [0.25, 0.3) is 0 Å². The van der Waals surface area contributed by atoms with Crippen LogP contribution in [-0.4, -0.2) is 4.98 Å². The normalized spacial score (nSPS) is 13.1. The van der Waals surface area contributed by atoms with Gasteiger partial charge in [0.15, 0.2) is 0 Å². The molecule has 1 heterocycles. The van der Waals surface area contributed by atoms with Crippen LogP contribution in [0.4, 0.5) is 0 Å². The summed E-state index contributed by atoms with van der Waals surface area (Å²) in [6.45, 7) is 0. The first-order valence-electron chi connectivity index (χ1n) is 18.4. The summed E-state index contributed by atoms with van der Waals surface area (Å²) in [7, 11) is 0. The summed E-state index contributed by atoms with van der Waals surface area (Å²) >= 11 is 0. The third-order valence-electron chi connectivity index (χ3n) is 11.4. The van der Waals surface area contributed by atoms with E-state index in [1.54, 1.807) is 0 Å². The Morgan fingerprint density at radius 2 is 0.811 bits per heavy atom. The van der Waals surface area contributed by atoms with E-state index in [9.17, 15) is 0 Å². The Morgan fingerprint density at radius 1 is 0.321 bits per heavy atom. The molecular weight excluding hydrogens is 639 g/mol. The Kier molecular flexibility index (Phi) is 6.53. The lowest BCUT2D eigenvalue weighted by Crippen LogP contribution is -2.26. The summed E-state index contributed by atoms with van der Waals surface area (Å²) in [5.41, 5.74) is 19.2. The number of fused-ring (bicyclic) bond motifs is 12. The van der Waals surface area contributed by atoms with E-state index in [1.807, 2.05) is 0 Å². The Morgan fingerprint density at radius 3 is 1.45 bits per heavy atom. The van der Waals surface area contributed by atoms with Crippen LogP contribution in [0.5, 0.6) is 0 Å². The predicted molar refractivity (Wildman–Crippen MR) is 220 cm³/mol. The SMILES string of the molecule is c1ccc(-c2cc(-c3cccc(-c4cc5ccccc5c5c4-c4ccccc4C54c5ccccc5-c5ccccc54)c3)cc(-c3ccccc3)n2)cc1. The quantitative estimate of drug-likeness (QED) is 0.181. The van der Waals surface area contributed by atoms with Crippen LogP contribution >= 0.6 is 0 Å². The van der Waals surface area contributed by atoms with E-state index in [0.29, 0.717) is 0 Å². The molecule has 0 radical (unpaired) electrons. The van der Waals surface area contributed by atoms with Gasteiger partial charge in [-0.2, -0.15) is 0 Å². The van der Waals surface area contributed by atoms with E-state index in [-0.39, 0.29) is 0 Å². The van der Waals surface area contributed by atoms with Crippen LogP contribution in [0, 0.1) is 0 Å². The number of rotatable bonds is 4. The van der Waals surface area contributed by atoms with Gasteiger partial charge in [-0.05, 0) is 102 Å². The zero-order valence-corrected chi connectivity index (χ0v) is 29.0. The Balaban J connectivity index is 1.19. The summed E-state index contributed by atoms with van der Waals surface area (Å²) in [5.74, 6) is 0. The molecule has 1 nitrogen and oxygen atoms in total. The number of hydrogen-bond donors (Lipinski definition) is 0. The van der Waals surface area contributed by atoms with Crippen molar-refractivity contribution in [2.75, 3.05) is 0 Å². The summed E-state index contributed by atoms with van der Waals surface area (Å²) in [5, 5.41) is 2.56. The van der Waals surface area contributed by atoms with Crippen LogP contribution in [0.3, 0.4) is 0 Å². The second-order valence-corrected chi connectivity index (χ2v) is 14.2. The predicted octanol–water partition coefficient (Wildman–Crippen LogP) is 13.2. The lowest BCUT2D eigenvalue weighted by atomic mass is 9.69. The summed E-state index contributed by atoms with van der Waals surface area (Å²) < 4.78 is 0. The molecule has 2 aliphatic carbocycles. The van der Waals surface area contributed by atoms with E-state index in [1.165, 1.54) is 72.0 Å². The minimum Gasteiger partial charge on any atom is -0.248 e. The lowest BCUT2D eigenvalue weighted by Gasteiger charge is -2.31. The first kappa shape index (κ1) is 29.9. The Bertz CT molecular complexity index is 2780. The summed E-state index contributed by atoms with van der Waals surface area (Å²) in [6.07, 6.45) is 0. The number of hydrogen-bond acceptors (Lipinski definition) is 1. The van der Waals surface area contributed by atoms with Gasteiger partial charge in [-0.1, -0.05) is 176 Å². The van der Waals surface area contributed by atoms with Crippen LogP contribution in [0.1, 0.15) is 22.3 Å². The van der Waals surface area contributed by atoms with Gasteiger partial charge in [0, 0.05) is 11.1 Å². The molecule has 0 atom stereocenters. The van der Waals surface area contributed by atoms with Crippen LogP contribution in [0.2, 0.25) is 0 Å². The zero-order chi connectivity index (χ0) is 34.9. The van der Waals surface area contributed by atoms with Crippen molar-refractivity contribution >= 4 is 10.8 Å². The highest BCUT2D eigenvalue weighted by Crippen LogP contribution is 2.65. The average molecular weight is 672 g/mol. The highest BCUT2D eigenvalue weighted by atomic mass is 14.7. The molecule has 1 aromatic heterocycles. The molecule has 2 aliphatic rings. The van der Waals surface area contributed by atoms with Crippen molar-refractivity contribution < 1.29 is 0 Å². The molecule has 1 heteroatoms. The van der Waals surface area contributed by atoms with Crippen molar-refractivity contribution in [3.63, 3.8) is 0 Å². The Hall–Kier alpha value is -6.83. The first-order chi connectivity index (χ1) is 26.3. The lowest BCUT2D eigenvalue weighted by molar-refractivity contribution is 0.801. The van der Waals surface area contributed by atoms with Crippen molar-refractivity contribution in [1.82, 2.24) is 4.98 Å². The minimum atomic E-state index is -0.424. The number of pyridine rings is 1. The minimum absolute atomic E-state index is 0.424. The van der Waals surface area contributed by atoms with Gasteiger partial charge >= 0.3 is 0 Å².